The number of methoxy groups -OCH3 is 1. The number of Topliss-reactive ketones (excluding diaryl/α,β-unsaturated/α-hetero) is 1. The molecule has 0 spiro atoms. The number of ketones is 1. The first-order chi connectivity index (χ1) is 16.7. The minimum atomic E-state index is -0.662. The number of ether oxygens (including phenoxy) is 2. The lowest BCUT2D eigenvalue weighted by atomic mass is 9.85. The number of carbonyl (C=O) groups excluding carboxylic acids is 2. The quantitative estimate of drug-likeness (QED) is 0.387. The molecule has 2 aliphatic heterocycles. The summed E-state index contributed by atoms with van der Waals surface area (Å²) < 4.78 is 10.6. The highest BCUT2D eigenvalue weighted by molar-refractivity contribution is 6.46. The van der Waals surface area contributed by atoms with Gasteiger partial charge in [-0.3, -0.25) is 14.5 Å². The lowest BCUT2D eigenvalue weighted by molar-refractivity contribution is -0.140. The van der Waals surface area contributed by atoms with Gasteiger partial charge in [0.05, 0.1) is 31.9 Å². The van der Waals surface area contributed by atoms with E-state index in [0.29, 0.717) is 37.6 Å². The van der Waals surface area contributed by atoms with Gasteiger partial charge in [-0.15, -0.1) is 0 Å². The molecule has 0 radical (unpaired) electrons. The van der Waals surface area contributed by atoms with Crippen LogP contribution in [0.25, 0.3) is 5.76 Å². The van der Waals surface area contributed by atoms with E-state index in [2.05, 4.69) is 25.7 Å². The Bertz CT molecular complexity index is 1090. The van der Waals surface area contributed by atoms with Gasteiger partial charge in [0.15, 0.2) is 0 Å². The summed E-state index contributed by atoms with van der Waals surface area (Å²) in [5, 5.41) is 11.2. The van der Waals surface area contributed by atoms with E-state index in [4.69, 9.17) is 9.47 Å². The molecule has 2 aliphatic rings. The van der Waals surface area contributed by atoms with Crippen molar-refractivity contribution in [3.63, 3.8) is 0 Å². The highest BCUT2D eigenvalue weighted by atomic mass is 16.5. The van der Waals surface area contributed by atoms with Gasteiger partial charge >= 0.3 is 0 Å². The monoisotopic (exact) mass is 478 g/mol. The van der Waals surface area contributed by atoms with Gasteiger partial charge in [-0.1, -0.05) is 45.0 Å². The molecular weight excluding hydrogens is 444 g/mol. The predicted molar refractivity (Wildman–Crippen MR) is 134 cm³/mol. The Balaban J connectivity index is 1.74. The maximum atomic E-state index is 13.2. The van der Waals surface area contributed by atoms with Gasteiger partial charge in [-0.05, 0) is 40.8 Å². The number of benzene rings is 2. The van der Waals surface area contributed by atoms with Crippen molar-refractivity contribution in [2.75, 3.05) is 46.5 Å². The highest BCUT2D eigenvalue weighted by Crippen LogP contribution is 2.40. The molecule has 1 atom stereocenters. The Hall–Kier alpha value is -3.16. The Morgan fingerprint density at radius 1 is 1.00 bits per heavy atom. The van der Waals surface area contributed by atoms with E-state index in [0.717, 1.165) is 24.2 Å². The molecular formula is C28H34N2O5. The normalized spacial score (nSPS) is 20.9. The predicted octanol–water partition coefficient (Wildman–Crippen LogP) is 3.75. The molecule has 0 bridgehead atoms. The van der Waals surface area contributed by atoms with Crippen molar-refractivity contribution in [1.29, 1.82) is 0 Å². The van der Waals surface area contributed by atoms with Crippen LogP contribution in [0.3, 0.4) is 0 Å². The van der Waals surface area contributed by atoms with Crippen molar-refractivity contribution in [1.82, 2.24) is 9.80 Å². The molecule has 2 aromatic rings. The molecule has 0 aliphatic carbocycles. The Kier molecular flexibility index (Phi) is 7.28. The number of rotatable bonds is 6. The zero-order valence-electron chi connectivity index (χ0n) is 20.9. The maximum Gasteiger partial charge on any atom is 0.295 e. The average Bonchev–Trinajstić information content (AvgIpc) is 3.12. The largest absolute Gasteiger partial charge is 0.507 e. The third-order valence-electron chi connectivity index (χ3n) is 6.76. The van der Waals surface area contributed by atoms with Crippen LogP contribution in [-0.4, -0.2) is 73.1 Å². The number of morpholine rings is 1. The van der Waals surface area contributed by atoms with E-state index in [9.17, 15) is 14.7 Å². The van der Waals surface area contributed by atoms with Crippen LogP contribution in [0.15, 0.2) is 54.1 Å². The molecule has 2 aromatic carbocycles. The molecule has 0 saturated carbocycles. The fourth-order valence-electron chi connectivity index (χ4n) is 4.60. The second-order valence-corrected chi connectivity index (χ2v) is 10.0. The Morgan fingerprint density at radius 3 is 2.20 bits per heavy atom. The number of aliphatic hydroxyl groups excluding tert-OH is 1. The molecule has 1 amide bonds. The van der Waals surface area contributed by atoms with E-state index in [1.54, 1.807) is 36.3 Å². The summed E-state index contributed by atoms with van der Waals surface area (Å²) in [6.45, 7) is 10.3. The van der Waals surface area contributed by atoms with E-state index < -0.39 is 17.7 Å². The van der Waals surface area contributed by atoms with Crippen LogP contribution >= 0.6 is 0 Å². The SMILES string of the molecule is COc1ccc(C(O)=C2C(=O)C(=O)N(CCN3CCOCC3)[C@H]2c2ccc(C(C)(C)C)cc2)cc1. The number of carbonyl (C=O) groups is 2. The molecule has 35 heavy (non-hydrogen) atoms. The minimum absolute atomic E-state index is 0.0280. The molecule has 2 heterocycles. The van der Waals surface area contributed by atoms with Crippen LogP contribution in [-0.2, 0) is 19.7 Å². The number of amides is 1. The second kappa shape index (κ2) is 10.2. The first-order valence-corrected chi connectivity index (χ1v) is 12.0. The van der Waals surface area contributed by atoms with Crippen LogP contribution in [0.4, 0.5) is 0 Å². The number of aliphatic hydroxyl groups is 1. The minimum Gasteiger partial charge on any atom is -0.507 e. The third-order valence-corrected chi connectivity index (χ3v) is 6.76. The highest BCUT2D eigenvalue weighted by Gasteiger charge is 2.46. The van der Waals surface area contributed by atoms with Crippen molar-refractivity contribution in [3.05, 3.63) is 70.8 Å². The first-order valence-electron chi connectivity index (χ1n) is 12.0. The molecule has 2 fully saturated rings. The molecule has 186 valence electrons. The number of hydrogen-bond donors (Lipinski definition) is 1. The topological polar surface area (TPSA) is 79.3 Å². The van der Waals surface area contributed by atoms with Gasteiger partial charge in [0.1, 0.15) is 11.5 Å². The third kappa shape index (κ3) is 5.26. The molecule has 0 unspecified atom stereocenters. The van der Waals surface area contributed by atoms with Gasteiger partial charge in [-0.2, -0.15) is 0 Å². The summed E-state index contributed by atoms with van der Waals surface area (Å²) in [5.41, 5.74) is 2.51. The Labute approximate surface area is 206 Å². The molecule has 7 nitrogen and oxygen atoms in total. The molecule has 0 aromatic heterocycles. The van der Waals surface area contributed by atoms with Crippen molar-refractivity contribution in [2.24, 2.45) is 0 Å². The number of likely N-dealkylation sites (tertiary alicyclic amines) is 1. The summed E-state index contributed by atoms with van der Waals surface area (Å²) in [5.74, 6) is -0.782. The zero-order valence-corrected chi connectivity index (χ0v) is 20.9. The van der Waals surface area contributed by atoms with Crippen LogP contribution in [0.5, 0.6) is 5.75 Å². The summed E-state index contributed by atoms with van der Waals surface area (Å²) in [6.07, 6.45) is 0. The molecule has 2 saturated heterocycles. The van der Waals surface area contributed by atoms with Crippen LogP contribution in [0, 0.1) is 0 Å². The summed E-state index contributed by atoms with van der Waals surface area (Å²) in [4.78, 5) is 30.3. The smallest absolute Gasteiger partial charge is 0.295 e. The van der Waals surface area contributed by atoms with Crippen molar-refractivity contribution in [3.8, 4) is 5.75 Å². The standard InChI is InChI=1S/C28H34N2O5/c1-28(2,3)21-9-5-19(6-10-21)24-23(25(31)20-7-11-22(34-4)12-8-20)26(32)27(33)30(24)14-13-29-15-17-35-18-16-29/h5-12,24,31H,13-18H2,1-4H3/t24-/m0/s1. The van der Waals surface area contributed by atoms with Gasteiger partial charge in [-0.25, -0.2) is 0 Å². The molecule has 1 N–H and O–H groups in total. The van der Waals surface area contributed by atoms with Crippen molar-refractivity contribution in [2.45, 2.75) is 32.2 Å². The molecule has 4 rings (SSSR count). The van der Waals surface area contributed by atoms with E-state index in [1.165, 1.54) is 0 Å². The van der Waals surface area contributed by atoms with Gasteiger partial charge in [0.25, 0.3) is 11.7 Å². The summed E-state index contributed by atoms with van der Waals surface area (Å²) >= 11 is 0. The van der Waals surface area contributed by atoms with Crippen LogP contribution in [0.1, 0.15) is 43.5 Å². The van der Waals surface area contributed by atoms with Crippen molar-refractivity contribution < 1.29 is 24.2 Å². The number of nitrogens with zero attached hydrogens (tertiary/aromatic N) is 2. The van der Waals surface area contributed by atoms with E-state index >= 15 is 0 Å². The van der Waals surface area contributed by atoms with Crippen molar-refractivity contribution >= 4 is 17.4 Å². The van der Waals surface area contributed by atoms with Gasteiger partial charge in [0, 0.05) is 31.7 Å². The Morgan fingerprint density at radius 2 is 1.63 bits per heavy atom. The van der Waals surface area contributed by atoms with Gasteiger partial charge in [0.2, 0.25) is 0 Å². The molecule has 7 heteroatoms. The average molecular weight is 479 g/mol. The van der Waals surface area contributed by atoms with Gasteiger partial charge < -0.3 is 19.5 Å². The van der Waals surface area contributed by atoms with Crippen LogP contribution < -0.4 is 4.74 Å². The number of hydrogen-bond acceptors (Lipinski definition) is 6. The van der Waals surface area contributed by atoms with E-state index in [1.807, 2.05) is 24.3 Å². The second-order valence-electron chi connectivity index (χ2n) is 10.0. The summed E-state index contributed by atoms with van der Waals surface area (Å²) in [7, 11) is 1.57. The fourth-order valence-corrected chi connectivity index (χ4v) is 4.60. The lowest BCUT2D eigenvalue weighted by Gasteiger charge is -2.31. The fraction of sp³-hybridized carbons (Fsp3) is 0.429. The summed E-state index contributed by atoms with van der Waals surface area (Å²) in [6, 6.07) is 14.1. The van der Waals surface area contributed by atoms with E-state index in [-0.39, 0.29) is 16.7 Å². The zero-order chi connectivity index (χ0) is 25.2. The maximum absolute atomic E-state index is 13.2. The first kappa shape index (κ1) is 24.9. The van der Waals surface area contributed by atoms with Crippen LogP contribution in [0.2, 0.25) is 0 Å². The lowest BCUT2D eigenvalue weighted by Crippen LogP contribution is -2.42.